The lowest BCUT2D eigenvalue weighted by atomic mass is 10.1. The minimum absolute atomic E-state index is 0.105. The molecule has 0 fully saturated rings. The lowest BCUT2D eigenvalue weighted by Gasteiger charge is -2.16. The molecule has 0 spiro atoms. The summed E-state index contributed by atoms with van der Waals surface area (Å²) in [6.45, 7) is 0. The van der Waals surface area contributed by atoms with Crippen LogP contribution in [0.15, 0.2) is 36.4 Å². The fourth-order valence-corrected chi connectivity index (χ4v) is 1.67. The van der Waals surface area contributed by atoms with Gasteiger partial charge in [-0.25, -0.2) is 4.39 Å². The molecule has 2 rings (SSSR count). The van der Waals surface area contributed by atoms with E-state index in [1.807, 2.05) is 0 Å². The molecule has 0 saturated heterocycles. The van der Waals surface area contributed by atoms with Crippen molar-refractivity contribution in [1.29, 1.82) is 0 Å². The van der Waals surface area contributed by atoms with Crippen LogP contribution in [0.1, 0.15) is 11.8 Å². The number of hydrogen-bond donors (Lipinski definition) is 5. The molecule has 1 unspecified atom stereocenters. The van der Waals surface area contributed by atoms with Crippen molar-refractivity contribution in [2.24, 2.45) is 0 Å². The van der Waals surface area contributed by atoms with E-state index in [1.54, 1.807) is 0 Å². The number of aromatic hydroxyl groups is 1. The summed E-state index contributed by atoms with van der Waals surface area (Å²) < 4.78 is 12.8. The molecule has 1 atom stereocenters. The maximum atomic E-state index is 12.8. The van der Waals surface area contributed by atoms with E-state index < -0.39 is 12.0 Å². The van der Waals surface area contributed by atoms with E-state index in [0.29, 0.717) is 11.3 Å². The third kappa shape index (κ3) is 2.86. The third-order valence-corrected chi connectivity index (χ3v) is 2.64. The number of aliphatic hydroxyl groups excluding tert-OH is 1. The van der Waals surface area contributed by atoms with Crippen molar-refractivity contribution in [2.75, 3.05) is 16.8 Å². The van der Waals surface area contributed by atoms with E-state index in [2.05, 4.69) is 5.32 Å². The fourth-order valence-electron chi connectivity index (χ4n) is 1.67. The van der Waals surface area contributed by atoms with E-state index in [0.717, 1.165) is 0 Å². The smallest absolute Gasteiger partial charge is 0.162 e. The number of rotatable bonds is 3. The Hall–Kier alpha value is -2.47. The maximum Gasteiger partial charge on any atom is 0.162 e. The summed E-state index contributed by atoms with van der Waals surface area (Å²) in [6.07, 6.45) is -1.12. The second-order valence-corrected chi connectivity index (χ2v) is 4.10. The second kappa shape index (κ2) is 5.03. The molecule has 0 heterocycles. The first-order chi connectivity index (χ1) is 8.97. The van der Waals surface area contributed by atoms with Crippen LogP contribution in [0, 0.1) is 5.82 Å². The van der Waals surface area contributed by atoms with E-state index >= 15 is 0 Å². The number of nitrogen functional groups attached to an aromatic ring is 2. The van der Waals surface area contributed by atoms with Crippen molar-refractivity contribution < 1.29 is 14.6 Å². The van der Waals surface area contributed by atoms with Gasteiger partial charge in [-0.3, -0.25) is 0 Å². The number of benzene rings is 2. The Morgan fingerprint density at radius 1 is 1.11 bits per heavy atom. The molecule has 19 heavy (non-hydrogen) atoms. The van der Waals surface area contributed by atoms with Crippen molar-refractivity contribution in [2.45, 2.75) is 6.23 Å². The van der Waals surface area contributed by atoms with Crippen LogP contribution in [0.3, 0.4) is 0 Å². The van der Waals surface area contributed by atoms with E-state index in [4.69, 9.17) is 11.5 Å². The fraction of sp³-hybridized carbons (Fsp3) is 0.0769. The van der Waals surface area contributed by atoms with Gasteiger partial charge in [-0.15, -0.1) is 0 Å². The summed E-state index contributed by atoms with van der Waals surface area (Å²) in [6, 6.07) is 8.17. The lowest BCUT2D eigenvalue weighted by molar-refractivity contribution is 0.207. The SMILES string of the molecule is Nc1cc(N)c(O)c(NC(O)c2ccc(F)cc2)c1. The predicted octanol–water partition coefficient (Wildman–Crippen LogP) is 1.80. The molecule has 0 saturated carbocycles. The molecule has 6 heteroatoms. The molecule has 0 aliphatic heterocycles. The molecule has 5 nitrogen and oxygen atoms in total. The monoisotopic (exact) mass is 263 g/mol. The van der Waals surface area contributed by atoms with Crippen LogP contribution in [-0.2, 0) is 0 Å². The number of nitrogens with two attached hydrogens (primary N) is 2. The number of phenols is 1. The van der Waals surface area contributed by atoms with Gasteiger partial charge in [-0.05, 0) is 24.3 Å². The topological polar surface area (TPSA) is 105 Å². The second-order valence-electron chi connectivity index (χ2n) is 4.10. The quantitative estimate of drug-likeness (QED) is 0.251. The lowest BCUT2D eigenvalue weighted by Crippen LogP contribution is -2.10. The Morgan fingerprint density at radius 3 is 2.37 bits per heavy atom. The number of anilines is 3. The van der Waals surface area contributed by atoms with Crippen LogP contribution >= 0.6 is 0 Å². The number of hydrogen-bond acceptors (Lipinski definition) is 5. The van der Waals surface area contributed by atoms with E-state index in [9.17, 15) is 14.6 Å². The zero-order valence-electron chi connectivity index (χ0n) is 9.97. The summed E-state index contributed by atoms with van der Waals surface area (Å²) in [7, 11) is 0. The van der Waals surface area contributed by atoms with Crippen LogP contribution < -0.4 is 16.8 Å². The molecule has 2 aromatic carbocycles. The van der Waals surface area contributed by atoms with Gasteiger partial charge in [0, 0.05) is 11.3 Å². The molecule has 0 aromatic heterocycles. The highest BCUT2D eigenvalue weighted by atomic mass is 19.1. The molecule has 0 amide bonds. The molecular formula is C13H14FN3O2. The third-order valence-electron chi connectivity index (χ3n) is 2.64. The number of phenolic OH excluding ortho intramolecular Hbond substituents is 1. The van der Waals surface area contributed by atoms with Crippen LogP contribution in [0.4, 0.5) is 21.5 Å². The maximum absolute atomic E-state index is 12.8. The minimum atomic E-state index is -1.12. The molecule has 7 N–H and O–H groups in total. The van der Waals surface area contributed by atoms with Crippen molar-refractivity contribution in [3.05, 3.63) is 47.8 Å². The first-order valence-electron chi connectivity index (χ1n) is 5.55. The minimum Gasteiger partial charge on any atom is -0.504 e. The average molecular weight is 263 g/mol. The van der Waals surface area contributed by atoms with E-state index in [1.165, 1.54) is 36.4 Å². The molecule has 0 aliphatic rings. The van der Waals surface area contributed by atoms with Gasteiger partial charge in [-0.1, -0.05) is 12.1 Å². The van der Waals surface area contributed by atoms with Crippen molar-refractivity contribution in [1.82, 2.24) is 0 Å². The molecule has 0 bridgehead atoms. The zero-order valence-corrected chi connectivity index (χ0v) is 9.97. The van der Waals surface area contributed by atoms with Crippen LogP contribution in [0.5, 0.6) is 5.75 Å². The Morgan fingerprint density at radius 2 is 1.74 bits per heavy atom. The van der Waals surface area contributed by atoms with Crippen LogP contribution in [-0.4, -0.2) is 10.2 Å². The molecule has 0 radical (unpaired) electrons. The van der Waals surface area contributed by atoms with Gasteiger partial charge in [-0.2, -0.15) is 0 Å². The number of halogens is 1. The summed E-state index contributed by atoms with van der Waals surface area (Å²) in [5, 5.41) is 22.3. The Labute approximate surface area is 109 Å². The highest BCUT2D eigenvalue weighted by Crippen LogP contribution is 2.34. The molecule has 2 aromatic rings. The summed E-state index contributed by atoms with van der Waals surface area (Å²) >= 11 is 0. The number of aliphatic hydroxyl groups is 1. The molecule has 100 valence electrons. The van der Waals surface area contributed by atoms with Gasteiger partial charge in [0.2, 0.25) is 0 Å². The summed E-state index contributed by atoms with van der Waals surface area (Å²) in [4.78, 5) is 0. The van der Waals surface area contributed by atoms with Crippen LogP contribution in [0.25, 0.3) is 0 Å². The van der Waals surface area contributed by atoms with Crippen LogP contribution in [0.2, 0.25) is 0 Å². The molecule has 0 aliphatic carbocycles. The summed E-state index contributed by atoms with van der Waals surface area (Å²) in [5.41, 5.74) is 12.3. The largest absolute Gasteiger partial charge is 0.504 e. The Bertz CT molecular complexity index is 587. The van der Waals surface area contributed by atoms with Crippen molar-refractivity contribution >= 4 is 17.1 Å². The Balaban J connectivity index is 2.23. The van der Waals surface area contributed by atoms with Gasteiger partial charge >= 0.3 is 0 Å². The highest BCUT2D eigenvalue weighted by Gasteiger charge is 2.12. The zero-order chi connectivity index (χ0) is 14.0. The molecular weight excluding hydrogens is 249 g/mol. The Kier molecular flexibility index (Phi) is 3.43. The first kappa shape index (κ1) is 13.0. The first-order valence-corrected chi connectivity index (χ1v) is 5.55. The standard InChI is InChI=1S/C13H14FN3O2/c14-8-3-1-7(2-4-8)13(19)17-11-6-9(15)5-10(16)12(11)18/h1-6,13,17-19H,15-16H2. The van der Waals surface area contributed by atoms with Crippen molar-refractivity contribution in [3.8, 4) is 5.75 Å². The van der Waals surface area contributed by atoms with Gasteiger partial charge in [0.15, 0.2) is 12.0 Å². The van der Waals surface area contributed by atoms with Gasteiger partial charge < -0.3 is 27.0 Å². The predicted molar refractivity (Wildman–Crippen MR) is 71.9 cm³/mol. The van der Waals surface area contributed by atoms with Gasteiger partial charge in [0.05, 0.1) is 11.4 Å². The number of nitrogens with one attached hydrogen (secondary N) is 1. The normalized spacial score (nSPS) is 12.1. The average Bonchev–Trinajstić information content (AvgIpc) is 2.36. The highest BCUT2D eigenvalue weighted by molar-refractivity contribution is 5.74. The van der Waals surface area contributed by atoms with E-state index in [-0.39, 0.29) is 17.1 Å². The van der Waals surface area contributed by atoms with Gasteiger partial charge in [0.1, 0.15) is 5.82 Å². The summed E-state index contributed by atoms with van der Waals surface area (Å²) in [5.74, 6) is -0.595. The van der Waals surface area contributed by atoms with Gasteiger partial charge in [0.25, 0.3) is 0 Å². The van der Waals surface area contributed by atoms with Crippen molar-refractivity contribution in [3.63, 3.8) is 0 Å².